The Morgan fingerprint density at radius 2 is 2.16 bits per heavy atom. The van der Waals surface area contributed by atoms with Gasteiger partial charge in [-0.3, -0.25) is 4.79 Å². The molecular weight excluding hydrogens is 253 g/mol. The Morgan fingerprint density at radius 1 is 1.47 bits per heavy atom. The van der Waals surface area contributed by atoms with Gasteiger partial charge in [-0.25, -0.2) is 9.18 Å². The van der Waals surface area contributed by atoms with E-state index in [1.165, 1.54) is 7.11 Å². The molecule has 0 saturated heterocycles. The van der Waals surface area contributed by atoms with Crippen LogP contribution in [0.25, 0.3) is 0 Å². The Bertz CT molecular complexity index is 464. The number of hydrogen-bond donors (Lipinski definition) is 2. The van der Waals surface area contributed by atoms with E-state index in [2.05, 4.69) is 5.32 Å². The summed E-state index contributed by atoms with van der Waals surface area (Å²) in [6.07, 6.45) is 0. The molecule has 2 N–H and O–H groups in total. The molecule has 2 atom stereocenters. The zero-order valence-corrected chi connectivity index (χ0v) is 10.7. The summed E-state index contributed by atoms with van der Waals surface area (Å²) in [5, 5.41) is 10.8. The molecule has 0 heterocycles. The highest BCUT2D eigenvalue weighted by atomic mass is 19.1. The first kappa shape index (κ1) is 14.9. The molecule has 5 nitrogen and oxygen atoms in total. The Labute approximate surface area is 110 Å². The van der Waals surface area contributed by atoms with Crippen molar-refractivity contribution in [3.8, 4) is 5.75 Å². The summed E-state index contributed by atoms with van der Waals surface area (Å²) in [6, 6.07) is 5.34. The number of aliphatic carboxylic acids is 1. The highest BCUT2D eigenvalue weighted by Crippen LogP contribution is 2.20. The average Bonchev–Trinajstić information content (AvgIpc) is 2.43. The quantitative estimate of drug-likeness (QED) is 0.817. The Morgan fingerprint density at radius 3 is 2.68 bits per heavy atom. The summed E-state index contributed by atoms with van der Waals surface area (Å²) in [6.45, 7) is 0.465. The van der Waals surface area contributed by atoms with Crippen molar-refractivity contribution < 1.29 is 23.8 Å². The lowest BCUT2D eigenvalue weighted by molar-refractivity contribution is -0.142. The number of carboxylic acid groups (broad SMARTS) is 1. The van der Waals surface area contributed by atoms with Crippen molar-refractivity contribution in [3.63, 3.8) is 0 Å². The van der Waals surface area contributed by atoms with Crippen molar-refractivity contribution in [3.05, 3.63) is 29.8 Å². The number of carbonyl (C=O) groups is 2. The average molecular weight is 269 g/mol. The topological polar surface area (TPSA) is 75.6 Å². The molecule has 1 amide bonds. The molecule has 104 valence electrons. The second-order valence-corrected chi connectivity index (χ2v) is 4.05. The summed E-state index contributed by atoms with van der Waals surface area (Å²) in [7, 11) is 1.51. The van der Waals surface area contributed by atoms with Crippen molar-refractivity contribution in [1.29, 1.82) is 0 Å². The van der Waals surface area contributed by atoms with Gasteiger partial charge in [-0.1, -0.05) is 12.1 Å². The number of hydrogen-bond acceptors (Lipinski definition) is 3. The molecule has 0 spiro atoms. The van der Waals surface area contributed by atoms with Crippen LogP contribution in [0.2, 0.25) is 0 Å². The maximum atomic E-state index is 12.4. The first-order chi connectivity index (χ1) is 8.99. The van der Waals surface area contributed by atoms with E-state index in [-0.39, 0.29) is 0 Å². The first-order valence-corrected chi connectivity index (χ1v) is 5.72. The maximum Gasteiger partial charge on any atom is 0.328 e. The number of carbonyl (C=O) groups excluding carboxylic acids is 1. The van der Waals surface area contributed by atoms with E-state index >= 15 is 0 Å². The third-order valence-corrected chi connectivity index (χ3v) is 2.76. The molecule has 0 aliphatic rings. The van der Waals surface area contributed by atoms with Crippen LogP contribution in [0.1, 0.15) is 18.4 Å². The summed E-state index contributed by atoms with van der Waals surface area (Å²) < 4.78 is 17.5. The summed E-state index contributed by atoms with van der Waals surface area (Å²) in [5.74, 6) is -1.94. The molecule has 0 bridgehead atoms. The van der Waals surface area contributed by atoms with E-state index in [1.54, 1.807) is 31.2 Å². The van der Waals surface area contributed by atoms with Crippen molar-refractivity contribution in [2.45, 2.75) is 18.9 Å². The van der Waals surface area contributed by atoms with Crippen LogP contribution in [0.15, 0.2) is 24.3 Å². The lowest BCUT2D eigenvalue weighted by Gasteiger charge is -2.16. The SMILES string of the molecule is COc1cccc(C(C)C(=O)NC(CF)C(=O)O)c1. The highest BCUT2D eigenvalue weighted by molar-refractivity contribution is 5.87. The van der Waals surface area contributed by atoms with Gasteiger partial charge in [0.05, 0.1) is 13.0 Å². The fourth-order valence-corrected chi connectivity index (χ4v) is 1.53. The van der Waals surface area contributed by atoms with Gasteiger partial charge in [-0.2, -0.15) is 0 Å². The van der Waals surface area contributed by atoms with Crippen LogP contribution in [0.5, 0.6) is 5.75 Å². The molecule has 0 aliphatic carbocycles. The van der Waals surface area contributed by atoms with Crippen LogP contribution in [0.4, 0.5) is 4.39 Å². The number of carboxylic acids is 1. The van der Waals surface area contributed by atoms with Crippen molar-refractivity contribution >= 4 is 11.9 Å². The smallest absolute Gasteiger partial charge is 0.328 e. The molecule has 1 rings (SSSR count). The minimum absolute atomic E-state index is 0.543. The van der Waals surface area contributed by atoms with Crippen LogP contribution in [0, 0.1) is 0 Å². The van der Waals surface area contributed by atoms with Gasteiger partial charge in [0.1, 0.15) is 12.4 Å². The number of ether oxygens (including phenoxy) is 1. The number of rotatable bonds is 6. The van der Waals surface area contributed by atoms with Crippen LogP contribution in [-0.2, 0) is 9.59 Å². The summed E-state index contributed by atoms with van der Waals surface area (Å²) in [5.41, 5.74) is 0.667. The molecule has 6 heteroatoms. The lowest BCUT2D eigenvalue weighted by atomic mass is 10.00. The monoisotopic (exact) mass is 269 g/mol. The number of methoxy groups -OCH3 is 1. The van der Waals surface area contributed by atoms with Crippen LogP contribution in [0.3, 0.4) is 0 Å². The van der Waals surface area contributed by atoms with Gasteiger partial charge in [-0.05, 0) is 24.6 Å². The highest BCUT2D eigenvalue weighted by Gasteiger charge is 2.23. The molecule has 1 aromatic rings. The second kappa shape index (κ2) is 6.72. The number of amides is 1. The van der Waals surface area contributed by atoms with Crippen molar-refractivity contribution in [1.82, 2.24) is 5.32 Å². The lowest BCUT2D eigenvalue weighted by Crippen LogP contribution is -2.44. The number of alkyl halides is 1. The van der Waals surface area contributed by atoms with E-state index in [9.17, 15) is 14.0 Å². The van der Waals surface area contributed by atoms with Gasteiger partial charge in [0.25, 0.3) is 0 Å². The minimum Gasteiger partial charge on any atom is -0.497 e. The van der Waals surface area contributed by atoms with Gasteiger partial charge in [0, 0.05) is 0 Å². The summed E-state index contributed by atoms with van der Waals surface area (Å²) >= 11 is 0. The van der Waals surface area contributed by atoms with E-state index in [0.29, 0.717) is 11.3 Å². The normalized spacial score (nSPS) is 13.4. The van der Waals surface area contributed by atoms with E-state index in [1.807, 2.05) is 0 Å². The van der Waals surface area contributed by atoms with E-state index in [0.717, 1.165) is 0 Å². The molecule has 0 aliphatic heterocycles. The molecule has 0 radical (unpaired) electrons. The number of benzene rings is 1. The number of nitrogens with one attached hydrogen (secondary N) is 1. The number of halogens is 1. The molecular formula is C13H16FNO4. The zero-order valence-electron chi connectivity index (χ0n) is 10.7. The predicted molar refractivity (Wildman–Crippen MR) is 67.0 cm³/mol. The molecule has 0 aromatic heterocycles. The fraction of sp³-hybridized carbons (Fsp3) is 0.385. The molecule has 0 fully saturated rings. The fourth-order valence-electron chi connectivity index (χ4n) is 1.53. The van der Waals surface area contributed by atoms with E-state index in [4.69, 9.17) is 9.84 Å². The third kappa shape index (κ3) is 3.94. The van der Waals surface area contributed by atoms with Gasteiger partial charge >= 0.3 is 5.97 Å². The largest absolute Gasteiger partial charge is 0.497 e. The predicted octanol–water partition coefficient (Wildman–Crippen LogP) is 1.34. The third-order valence-electron chi connectivity index (χ3n) is 2.76. The summed E-state index contributed by atoms with van der Waals surface area (Å²) in [4.78, 5) is 22.5. The minimum atomic E-state index is -1.51. The van der Waals surface area contributed by atoms with Crippen molar-refractivity contribution in [2.24, 2.45) is 0 Å². The molecule has 1 aromatic carbocycles. The molecule has 0 saturated carbocycles. The standard InChI is InChI=1S/C13H16FNO4/c1-8(9-4-3-5-10(6-9)19-2)12(16)15-11(7-14)13(17)18/h3-6,8,11H,7H2,1-2H3,(H,15,16)(H,17,18). The first-order valence-electron chi connectivity index (χ1n) is 5.72. The molecule has 2 unspecified atom stereocenters. The van der Waals surface area contributed by atoms with Crippen molar-refractivity contribution in [2.75, 3.05) is 13.8 Å². The van der Waals surface area contributed by atoms with Crippen LogP contribution in [-0.4, -0.2) is 36.8 Å². The zero-order chi connectivity index (χ0) is 14.4. The maximum absolute atomic E-state index is 12.4. The van der Waals surface area contributed by atoms with Gasteiger partial charge < -0.3 is 15.2 Å². The second-order valence-electron chi connectivity index (χ2n) is 4.05. The Kier molecular flexibility index (Phi) is 5.29. The van der Waals surface area contributed by atoms with Gasteiger partial charge in [0.15, 0.2) is 6.04 Å². The van der Waals surface area contributed by atoms with Gasteiger partial charge in [-0.15, -0.1) is 0 Å². The van der Waals surface area contributed by atoms with Crippen LogP contribution >= 0.6 is 0 Å². The Hall–Kier alpha value is -2.11. The van der Waals surface area contributed by atoms with E-state index < -0.39 is 30.5 Å². The van der Waals surface area contributed by atoms with Gasteiger partial charge in [0.2, 0.25) is 5.91 Å². The Balaban J connectivity index is 2.78. The molecule has 19 heavy (non-hydrogen) atoms. The van der Waals surface area contributed by atoms with Crippen LogP contribution < -0.4 is 10.1 Å².